The summed E-state index contributed by atoms with van der Waals surface area (Å²) in [6, 6.07) is 8.57. The number of carbonyl (C=O) groups is 1. The van der Waals surface area contributed by atoms with Crippen LogP contribution in [0.3, 0.4) is 0 Å². The molecule has 3 rings (SSSR count). The molecule has 0 saturated carbocycles. The molecule has 1 N–H and O–H groups in total. The molecule has 2 fully saturated rings. The van der Waals surface area contributed by atoms with E-state index in [1.54, 1.807) is 0 Å². The Labute approximate surface area is 157 Å². The second kappa shape index (κ2) is 9.62. The molecule has 2 heterocycles. The number of hydrogen-bond donors (Lipinski definition) is 1. The first-order valence-corrected chi connectivity index (χ1v) is 8.41. The number of halogens is 2. The maximum absolute atomic E-state index is 12.5. The summed E-state index contributed by atoms with van der Waals surface area (Å²) >= 11 is 0. The van der Waals surface area contributed by atoms with E-state index in [1.807, 2.05) is 0 Å². The number of hydrogen-bond acceptors (Lipinski definition) is 3. The van der Waals surface area contributed by atoms with Crippen LogP contribution in [0.4, 0.5) is 0 Å². The van der Waals surface area contributed by atoms with Crippen molar-refractivity contribution >= 4 is 30.7 Å². The Morgan fingerprint density at radius 2 is 1.79 bits per heavy atom. The van der Waals surface area contributed by atoms with Gasteiger partial charge in [-0.2, -0.15) is 0 Å². The number of piperazine rings is 1. The molecule has 1 aromatic carbocycles. The predicted octanol–water partition coefficient (Wildman–Crippen LogP) is 2.34. The van der Waals surface area contributed by atoms with E-state index in [2.05, 4.69) is 53.2 Å². The smallest absolute Gasteiger partial charge is 0.225 e. The summed E-state index contributed by atoms with van der Waals surface area (Å²) in [6.07, 6.45) is 0. The SMILES string of the molecule is Cc1ccccc1CN1CCN(C(=O)C(C)C2CNC2)CC1.Cl.Cl. The molecule has 0 radical (unpaired) electrons. The summed E-state index contributed by atoms with van der Waals surface area (Å²) in [7, 11) is 0. The molecule has 0 spiro atoms. The lowest BCUT2D eigenvalue weighted by Crippen LogP contribution is -2.54. The first-order chi connectivity index (χ1) is 10.6. The molecule has 6 heteroatoms. The summed E-state index contributed by atoms with van der Waals surface area (Å²) in [5, 5.41) is 3.26. The van der Waals surface area contributed by atoms with Gasteiger partial charge in [-0.3, -0.25) is 9.69 Å². The Kier molecular flexibility index (Phi) is 8.51. The lowest BCUT2D eigenvalue weighted by atomic mass is 9.88. The minimum absolute atomic E-state index is 0. The number of nitrogens with one attached hydrogen (secondary N) is 1. The zero-order valence-corrected chi connectivity index (χ0v) is 16.2. The second-order valence-corrected chi connectivity index (χ2v) is 6.73. The van der Waals surface area contributed by atoms with Crippen LogP contribution in [-0.4, -0.2) is 55.0 Å². The van der Waals surface area contributed by atoms with Crippen molar-refractivity contribution in [3.05, 3.63) is 35.4 Å². The predicted molar refractivity (Wildman–Crippen MR) is 103 cm³/mol. The van der Waals surface area contributed by atoms with Crippen LogP contribution in [0.1, 0.15) is 18.1 Å². The molecule has 2 aliphatic heterocycles. The van der Waals surface area contributed by atoms with Gasteiger partial charge in [0.1, 0.15) is 0 Å². The minimum Gasteiger partial charge on any atom is -0.340 e. The fraction of sp³-hybridized carbons (Fsp3) is 0.611. The first kappa shape index (κ1) is 21.2. The molecule has 0 aliphatic carbocycles. The van der Waals surface area contributed by atoms with Crippen molar-refractivity contribution in [3.63, 3.8) is 0 Å². The molecular formula is C18H29Cl2N3O. The molecule has 2 aliphatic rings. The molecule has 1 aromatic rings. The molecule has 2 saturated heterocycles. The highest BCUT2D eigenvalue weighted by molar-refractivity contribution is 5.85. The summed E-state index contributed by atoms with van der Waals surface area (Å²) in [6.45, 7) is 11.0. The summed E-state index contributed by atoms with van der Waals surface area (Å²) in [5.74, 6) is 1.06. The highest BCUT2D eigenvalue weighted by Crippen LogP contribution is 2.20. The van der Waals surface area contributed by atoms with Crippen LogP contribution >= 0.6 is 24.8 Å². The van der Waals surface area contributed by atoms with Gasteiger partial charge in [0.05, 0.1) is 0 Å². The monoisotopic (exact) mass is 373 g/mol. The Morgan fingerprint density at radius 3 is 2.33 bits per heavy atom. The van der Waals surface area contributed by atoms with Gasteiger partial charge in [0.2, 0.25) is 5.91 Å². The van der Waals surface area contributed by atoms with Crippen molar-refractivity contribution in [2.75, 3.05) is 39.3 Å². The molecule has 4 nitrogen and oxygen atoms in total. The summed E-state index contributed by atoms with van der Waals surface area (Å²) in [5.41, 5.74) is 2.75. The van der Waals surface area contributed by atoms with Crippen LogP contribution in [0.5, 0.6) is 0 Å². The third-order valence-corrected chi connectivity index (χ3v) is 5.25. The molecule has 0 bridgehead atoms. The summed E-state index contributed by atoms with van der Waals surface area (Å²) in [4.78, 5) is 17.1. The van der Waals surface area contributed by atoms with Gasteiger partial charge in [-0.1, -0.05) is 31.2 Å². The van der Waals surface area contributed by atoms with Crippen molar-refractivity contribution in [1.29, 1.82) is 0 Å². The quantitative estimate of drug-likeness (QED) is 0.879. The van der Waals surface area contributed by atoms with E-state index in [1.165, 1.54) is 11.1 Å². The number of benzene rings is 1. The maximum atomic E-state index is 12.5. The van der Waals surface area contributed by atoms with Gasteiger partial charge in [0, 0.05) is 38.6 Å². The largest absolute Gasteiger partial charge is 0.340 e. The highest BCUT2D eigenvalue weighted by Gasteiger charge is 2.32. The van der Waals surface area contributed by atoms with E-state index < -0.39 is 0 Å². The van der Waals surface area contributed by atoms with E-state index >= 15 is 0 Å². The Morgan fingerprint density at radius 1 is 1.17 bits per heavy atom. The normalized spacial score (nSPS) is 19.7. The van der Waals surface area contributed by atoms with Crippen LogP contribution < -0.4 is 5.32 Å². The number of aryl methyl sites for hydroxylation is 1. The first-order valence-electron chi connectivity index (χ1n) is 8.41. The van der Waals surface area contributed by atoms with Crippen molar-refractivity contribution in [2.24, 2.45) is 11.8 Å². The van der Waals surface area contributed by atoms with E-state index in [0.29, 0.717) is 11.8 Å². The lowest BCUT2D eigenvalue weighted by molar-refractivity contribution is -0.139. The minimum atomic E-state index is 0. The average molecular weight is 374 g/mol. The highest BCUT2D eigenvalue weighted by atomic mass is 35.5. The Balaban J connectivity index is 0.00000144. The second-order valence-electron chi connectivity index (χ2n) is 6.73. The zero-order valence-electron chi connectivity index (χ0n) is 14.5. The topological polar surface area (TPSA) is 35.6 Å². The standard InChI is InChI=1S/C18H27N3O.2ClH/c1-14-5-3-4-6-16(14)13-20-7-9-21(10-8-20)18(22)15(2)17-11-19-12-17;;/h3-6,15,17,19H,7-13H2,1-2H3;2*1H. The van der Waals surface area contributed by atoms with Gasteiger partial charge in [-0.25, -0.2) is 0 Å². The van der Waals surface area contributed by atoms with Crippen molar-refractivity contribution < 1.29 is 4.79 Å². The fourth-order valence-corrected chi connectivity index (χ4v) is 3.31. The van der Waals surface area contributed by atoms with E-state index in [4.69, 9.17) is 0 Å². The average Bonchev–Trinajstić information content (AvgIpc) is 2.48. The summed E-state index contributed by atoms with van der Waals surface area (Å²) < 4.78 is 0. The van der Waals surface area contributed by atoms with Crippen molar-refractivity contribution in [3.8, 4) is 0 Å². The molecule has 1 amide bonds. The van der Waals surface area contributed by atoms with Gasteiger partial charge < -0.3 is 10.2 Å². The van der Waals surface area contributed by atoms with E-state index in [0.717, 1.165) is 45.8 Å². The van der Waals surface area contributed by atoms with Crippen LogP contribution in [0.15, 0.2) is 24.3 Å². The molecular weight excluding hydrogens is 345 g/mol. The Hall–Kier alpha value is -0.810. The number of carbonyl (C=O) groups excluding carboxylic acids is 1. The molecule has 1 unspecified atom stereocenters. The third kappa shape index (κ3) is 4.85. The van der Waals surface area contributed by atoms with Crippen LogP contribution in [0.25, 0.3) is 0 Å². The fourth-order valence-electron chi connectivity index (χ4n) is 3.31. The van der Waals surface area contributed by atoms with Gasteiger partial charge in [-0.15, -0.1) is 24.8 Å². The third-order valence-electron chi connectivity index (χ3n) is 5.25. The van der Waals surface area contributed by atoms with Crippen LogP contribution in [0.2, 0.25) is 0 Å². The Bertz CT molecular complexity index is 529. The number of nitrogens with zero attached hydrogens (tertiary/aromatic N) is 2. The molecule has 0 aromatic heterocycles. The zero-order chi connectivity index (χ0) is 15.5. The van der Waals surface area contributed by atoms with Gasteiger partial charge >= 0.3 is 0 Å². The van der Waals surface area contributed by atoms with Crippen molar-refractivity contribution in [1.82, 2.24) is 15.1 Å². The molecule has 1 atom stereocenters. The van der Waals surface area contributed by atoms with E-state index in [-0.39, 0.29) is 30.7 Å². The van der Waals surface area contributed by atoms with Crippen LogP contribution in [0, 0.1) is 18.8 Å². The maximum Gasteiger partial charge on any atom is 0.225 e. The number of rotatable bonds is 4. The number of amides is 1. The van der Waals surface area contributed by atoms with Crippen LogP contribution in [-0.2, 0) is 11.3 Å². The van der Waals surface area contributed by atoms with Crippen molar-refractivity contribution in [2.45, 2.75) is 20.4 Å². The van der Waals surface area contributed by atoms with E-state index in [9.17, 15) is 4.79 Å². The van der Waals surface area contributed by atoms with Gasteiger partial charge in [0.25, 0.3) is 0 Å². The molecule has 136 valence electrons. The molecule has 24 heavy (non-hydrogen) atoms. The van der Waals surface area contributed by atoms with Gasteiger partial charge in [-0.05, 0) is 37.1 Å². The van der Waals surface area contributed by atoms with Gasteiger partial charge in [0.15, 0.2) is 0 Å². The lowest BCUT2D eigenvalue weighted by Gasteiger charge is -2.39.